The lowest BCUT2D eigenvalue weighted by Crippen LogP contribution is -2.55. The summed E-state index contributed by atoms with van der Waals surface area (Å²) in [5, 5.41) is 10.9. The van der Waals surface area contributed by atoms with Gasteiger partial charge in [-0.15, -0.1) is 0 Å². The Bertz CT molecular complexity index is 478. The first-order valence-corrected chi connectivity index (χ1v) is 6.27. The molecule has 0 amide bonds. The Kier molecular flexibility index (Phi) is 2.98. The van der Waals surface area contributed by atoms with Crippen molar-refractivity contribution in [3.63, 3.8) is 0 Å². The molecule has 1 aromatic carbocycles. The third kappa shape index (κ3) is 1.74. The number of esters is 1. The van der Waals surface area contributed by atoms with Gasteiger partial charge >= 0.3 is 5.97 Å². The van der Waals surface area contributed by atoms with E-state index in [4.69, 9.17) is 4.74 Å². The molecule has 3 heteroatoms. The van der Waals surface area contributed by atoms with Crippen LogP contribution in [-0.4, -0.2) is 17.2 Å². The topological polar surface area (TPSA) is 46.5 Å². The number of aliphatic hydroxyl groups is 1. The Morgan fingerprint density at radius 1 is 1.44 bits per heavy atom. The molecule has 0 aliphatic heterocycles. The van der Waals surface area contributed by atoms with Gasteiger partial charge in [0.1, 0.15) is 11.7 Å². The van der Waals surface area contributed by atoms with Crippen molar-refractivity contribution >= 4 is 5.97 Å². The van der Waals surface area contributed by atoms with Crippen LogP contribution in [0, 0.1) is 5.41 Å². The number of fused-ring (bicyclic) bond motifs is 1. The number of carbonyl (C=O) groups excluding carboxylic acids is 1. The molecule has 18 heavy (non-hydrogen) atoms. The van der Waals surface area contributed by atoms with Gasteiger partial charge in [-0.2, -0.15) is 0 Å². The lowest BCUT2D eigenvalue weighted by atomic mass is 9.58. The zero-order chi connectivity index (χ0) is 13.6. The second-order valence-electron chi connectivity index (χ2n) is 5.67. The summed E-state index contributed by atoms with van der Waals surface area (Å²) in [5.74, 6) is -0.313. The molecule has 2 rings (SSSR count). The minimum absolute atomic E-state index is 0.313. The van der Waals surface area contributed by atoms with Crippen molar-refractivity contribution in [3.8, 4) is 0 Å². The fourth-order valence-corrected chi connectivity index (χ4v) is 2.65. The molecule has 1 aromatic rings. The van der Waals surface area contributed by atoms with Gasteiger partial charge in [0.15, 0.2) is 0 Å². The van der Waals surface area contributed by atoms with Gasteiger partial charge < -0.3 is 9.84 Å². The van der Waals surface area contributed by atoms with E-state index in [0.29, 0.717) is 6.42 Å². The molecule has 1 aliphatic rings. The highest BCUT2D eigenvalue weighted by atomic mass is 16.5. The average Bonchev–Trinajstić information content (AvgIpc) is 2.26. The first kappa shape index (κ1) is 13.1. The maximum atomic E-state index is 11.1. The van der Waals surface area contributed by atoms with Crippen LogP contribution in [0.15, 0.2) is 24.3 Å². The molecule has 0 aromatic heterocycles. The predicted molar refractivity (Wildman–Crippen MR) is 69.1 cm³/mol. The molecular weight excluding hydrogens is 228 g/mol. The standard InChI is InChI=1S/C15H20O3/c1-10(18-11(2)16)14(3,4)15(17)9-12-7-5-6-8-13(12)15/h5-8,10,17H,9H2,1-4H3/t10-,15+/m1/s1. The first-order chi connectivity index (χ1) is 8.29. The number of benzene rings is 1. The molecule has 2 atom stereocenters. The molecule has 0 saturated carbocycles. The quantitative estimate of drug-likeness (QED) is 0.836. The van der Waals surface area contributed by atoms with Crippen LogP contribution in [0.2, 0.25) is 0 Å². The molecular formula is C15H20O3. The molecule has 0 unspecified atom stereocenters. The van der Waals surface area contributed by atoms with E-state index in [1.165, 1.54) is 12.5 Å². The number of rotatable bonds is 3. The van der Waals surface area contributed by atoms with Gasteiger partial charge in [-0.25, -0.2) is 0 Å². The van der Waals surface area contributed by atoms with Crippen LogP contribution in [0.4, 0.5) is 0 Å². The SMILES string of the molecule is CC(=O)O[C@H](C)C(C)(C)[C@]1(O)Cc2ccccc21. The van der Waals surface area contributed by atoms with E-state index < -0.39 is 11.0 Å². The van der Waals surface area contributed by atoms with Crippen LogP contribution in [0.1, 0.15) is 38.8 Å². The Labute approximate surface area is 108 Å². The molecule has 98 valence electrons. The van der Waals surface area contributed by atoms with Crippen LogP contribution >= 0.6 is 0 Å². The highest BCUT2D eigenvalue weighted by molar-refractivity contribution is 5.66. The maximum Gasteiger partial charge on any atom is 0.302 e. The molecule has 0 fully saturated rings. The summed E-state index contributed by atoms with van der Waals surface area (Å²) in [7, 11) is 0. The fourth-order valence-electron chi connectivity index (χ4n) is 2.65. The molecule has 0 saturated heterocycles. The number of hydrogen-bond acceptors (Lipinski definition) is 3. The second kappa shape index (κ2) is 4.09. The Balaban J connectivity index is 2.29. The van der Waals surface area contributed by atoms with Crippen LogP contribution in [-0.2, 0) is 21.6 Å². The number of ether oxygens (including phenoxy) is 1. The predicted octanol–water partition coefficient (Wildman–Crippen LogP) is 2.41. The van der Waals surface area contributed by atoms with Gasteiger partial charge in [0.2, 0.25) is 0 Å². The van der Waals surface area contributed by atoms with Crippen molar-refractivity contribution in [2.75, 3.05) is 0 Å². The molecule has 1 N–H and O–H groups in total. The molecule has 0 heterocycles. The van der Waals surface area contributed by atoms with Gasteiger partial charge in [0.05, 0.1) is 0 Å². The summed E-state index contributed by atoms with van der Waals surface area (Å²) in [6, 6.07) is 7.87. The van der Waals surface area contributed by atoms with Crippen molar-refractivity contribution in [3.05, 3.63) is 35.4 Å². The minimum Gasteiger partial charge on any atom is -0.462 e. The third-order valence-corrected chi connectivity index (χ3v) is 4.33. The molecule has 0 spiro atoms. The summed E-state index contributed by atoms with van der Waals surface area (Å²) in [6.07, 6.45) is 0.273. The number of carbonyl (C=O) groups is 1. The smallest absolute Gasteiger partial charge is 0.302 e. The summed E-state index contributed by atoms with van der Waals surface area (Å²) >= 11 is 0. The zero-order valence-electron chi connectivity index (χ0n) is 11.4. The Morgan fingerprint density at radius 3 is 2.61 bits per heavy atom. The van der Waals surface area contributed by atoms with Gasteiger partial charge in [0, 0.05) is 18.8 Å². The lowest BCUT2D eigenvalue weighted by Gasteiger charge is -2.52. The van der Waals surface area contributed by atoms with E-state index in [9.17, 15) is 9.90 Å². The maximum absolute atomic E-state index is 11.1. The zero-order valence-corrected chi connectivity index (χ0v) is 11.4. The summed E-state index contributed by atoms with van der Waals surface area (Å²) in [6.45, 7) is 7.11. The van der Waals surface area contributed by atoms with Crippen molar-refractivity contribution in [1.82, 2.24) is 0 Å². The van der Waals surface area contributed by atoms with E-state index >= 15 is 0 Å². The third-order valence-electron chi connectivity index (χ3n) is 4.33. The molecule has 1 aliphatic carbocycles. The Morgan fingerprint density at radius 2 is 2.06 bits per heavy atom. The van der Waals surface area contributed by atoms with Gasteiger partial charge in [-0.3, -0.25) is 4.79 Å². The van der Waals surface area contributed by atoms with Gasteiger partial charge in [-0.1, -0.05) is 38.1 Å². The summed E-state index contributed by atoms with van der Waals surface area (Å²) in [4.78, 5) is 11.1. The summed E-state index contributed by atoms with van der Waals surface area (Å²) < 4.78 is 5.25. The molecule has 3 nitrogen and oxygen atoms in total. The van der Waals surface area contributed by atoms with Crippen molar-refractivity contribution in [2.45, 2.75) is 45.8 Å². The lowest BCUT2D eigenvalue weighted by molar-refractivity contribution is -0.175. The Hall–Kier alpha value is -1.35. The molecule has 0 bridgehead atoms. The van der Waals surface area contributed by atoms with Crippen LogP contribution in [0.25, 0.3) is 0 Å². The first-order valence-electron chi connectivity index (χ1n) is 6.27. The normalized spacial score (nSPS) is 23.8. The van der Waals surface area contributed by atoms with Crippen molar-refractivity contribution in [1.29, 1.82) is 0 Å². The van der Waals surface area contributed by atoms with E-state index in [1.54, 1.807) is 0 Å². The minimum atomic E-state index is -0.918. The highest BCUT2D eigenvalue weighted by Gasteiger charge is 2.55. The van der Waals surface area contributed by atoms with Gasteiger partial charge in [-0.05, 0) is 18.1 Å². The number of hydrogen-bond donors (Lipinski definition) is 1. The monoisotopic (exact) mass is 248 g/mol. The highest BCUT2D eigenvalue weighted by Crippen LogP contribution is 2.52. The van der Waals surface area contributed by atoms with E-state index in [-0.39, 0.29) is 12.1 Å². The van der Waals surface area contributed by atoms with Crippen LogP contribution in [0.5, 0.6) is 0 Å². The van der Waals surface area contributed by atoms with Crippen molar-refractivity contribution < 1.29 is 14.6 Å². The fraction of sp³-hybridized carbons (Fsp3) is 0.533. The van der Waals surface area contributed by atoms with E-state index in [1.807, 2.05) is 45.0 Å². The van der Waals surface area contributed by atoms with E-state index in [2.05, 4.69) is 0 Å². The second-order valence-corrected chi connectivity index (χ2v) is 5.67. The van der Waals surface area contributed by atoms with Crippen molar-refractivity contribution in [2.24, 2.45) is 5.41 Å². The summed E-state index contributed by atoms with van der Waals surface area (Å²) in [5.41, 5.74) is 0.683. The van der Waals surface area contributed by atoms with Crippen LogP contribution in [0.3, 0.4) is 0 Å². The van der Waals surface area contributed by atoms with E-state index in [0.717, 1.165) is 5.56 Å². The largest absolute Gasteiger partial charge is 0.462 e. The van der Waals surface area contributed by atoms with Crippen LogP contribution < -0.4 is 0 Å². The molecule has 0 radical (unpaired) electrons. The average molecular weight is 248 g/mol. The van der Waals surface area contributed by atoms with Gasteiger partial charge in [0.25, 0.3) is 0 Å².